The van der Waals surface area contributed by atoms with E-state index in [2.05, 4.69) is 31.0 Å². The van der Waals surface area contributed by atoms with Crippen molar-refractivity contribution < 1.29 is 13.9 Å². The summed E-state index contributed by atoms with van der Waals surface area (Å²) in [6.45, 7) is 10.8. The summed E-state index contributed by atoms with van der Waals surface area (Å²) in [5.74, 6) is 1.04. The van der Waals surface area contributed by atoms with Crippen LogP contribution in [0.1, 0.15) is 46.1 Å². The smallest absolute Gasteiger partial charge is 0.225 e. The number of hydrogen-bond acceptors (Lipinski definition) is 3. The van der Waals surface area contributed by atoms with Gasteiger partial charge < -0.3 is 10.1 Å². The summed E-state index contributed by atoms with van der Waals surface area (Å²) in [6.07, 6.45) is 1.89. The van der Waals surface area contributed by atoms with Crippen LogP contribution in [0, 0.1) is 17.7 Å². The highest BCUT2D eigenvalue weighted by molar-refractivity contribution is 5.80. The molecule has 140 valence electrons. The number of rotatable bonds is 9. The molecule has 1 saturated heterocycles. The molecule has 0 radical (unpaired) electrons. The lowest BCUT2D eigenvalue weighted by Gasteiger charge is -2.38. The van der Waals surface area contributed by atoms with Crippen molar-refractivity contribution in [1.29, 1.82) is 0 Å². The molecule has 0 spiro atoms. The first-order valence-electron chi connectivity index (χ1n) is 9.33. The van der Waals surface area contributed by atoms with E-state index in [9.17, 15) is 9.18 Å². The summed E-state index contributed by atoms with van der Waals surface area (Å²) in [7, 11) is 0. The van der Waals surface area contributed by atoms with E-state index in [1.165, 1.54) is 6.07 Å². The van der Waals surface area contributed by atoms with Crippen LogP contribution in [0.5, 0.6) is 5.75 Å². The number of carbonyl (C=O) groups is 1. The Hall–Kier alpha value is -1.62. The van der Waals surface area contributed by atoms with Crippen molar-refractivity contribution in [1.82, 2.24) is 10.2 Å². The van der Waals surface area contributed by atoms with Gasteiger partial charge in [0.2, 0.25) is 5.91 Å². The van der Waals surface area contributed by atoms with Gasteiger partial charge in [-0.1, -0.05) is 26.8 Å². The van der Waals surface area contributed by atoms with Gasteiger partial charge in [-0.2, -0.15) is 0 Å². The zero-order valence-electron chi connectivity index (χ0n) is 15.8. The number of likely N-dealkylation sites (tertiary alicyclic amines) is 1. The fourth-order valence-corrected chi connectivity index (χ4v) is 2.73. The Morgan fingerprint density at radius 3 is 2.68 bits per heavy atom. The van der Waals surface area contributed by atoms with E-state index in [0.29, 0.717) is 43.5 Å². The minimum atomic E-state index is -0.241. The van der Waals surface area contributed by atoms with Gasteiger partial charge in [0.25, 0.3) is 0 Å². The molecule has 1 N–H and O–H groups in total. The van der Waals surface area contributed by atoms with Crippen LogP contribution < -0.4 is 10.1 Å². The van der Waals surface area contributed by atoms with Gasteiger partial charge in [0.05, 0.1) is 12.5 Å². The fraction of sp³-hybridized carbons (Fsp3) is 0.650. The molecule has 1 aromatic carbocycles. The van der Waals surface area contributed by atoms with Gasteiger partial charge in [0, 0.05) is 37.3 Å². The highest BCUT2D eigenvalue weighted by atomic mass is 19.1. The number of halogens is 1. The van der Waals surface area contributed by atoms with Crippen molar-refractivity contribution in [3.8, 4) is 5.75 Å². The maximum atomic E-state index is 14.2. The number of ether oxygens (including phenoxy) is 1. The van der Waals surface area contributed by atoms with Crippen molar-refractivity contribution in [3.63, 3.8) is 0 Å². The highest BCUT2D eigenvalue weighted by Crippen LogP contribution is 2.23. The average molecular weight is 350 g/mol. The van der Waals surface area contributed by atoms with Gasteiger partial charge in [-0.25, -0.2) is 4.39 Å². The zero-order valence-corrected chi connectivity index (χ0v) is 15.8. The number of carbonyl (C=O) groups excluding carboxylic acids is 1. The van der Waals surface area contributed by atoms with Crippen molar-refractivity contribution >= 4 is 5.91 Å². The summed E-state index contributed by atoms with van der Waals surface area (Å²) >= 11 is 0. The van der Waals surface area contributed by atoms with Gasteiger partial charge in [-0.3, -0.25) is 9.69 Å². The molecule has 0 unspecified atom stereocenters. The molecular formula is C20H31FN2O2. The van der Waals surface area contributed by atoms with Crippen LogP contribution in [-0.2, 0) is 11.3 Å². The second kappa shape index (κ2) is 9.18. The molecule has 1 amide bonds. The second-order valence-electron chi connectivity index (χ2n) is 7.49. The standard InChI is InChI=1S/C20H31FN2O2/c1-5-15(4)22-20(24)17-12-23(13-17)11-16-6-7-18(10-19(16)21)25-9-8-14(2)3/h6-7,10,14-15,17H,5,8-9,11-13H2,1-4H3,(H,22,24)/t15-/m0/s1. The first-order chi connectivity index (χ1) is 11.9. The van der Waals surface area contributed by atoms with Crippen LogP contribution in [0.25, 0.3) is 0 Å². The third-order valence-corrected chi connectivity index (χ3v) is 4.71. The lowest BCUT2D eigenvalue weighted by molar-refractivity contribution is -0.131. The van der Waals surface area contributed by atoms with E-state index in [1.807, 2.05) is 13.0 Å². The van der Waals surface area contributed by atoms with E-state index in [1.54, 1.807) is 6.07 Å². The Morgan fingerprint density at radius 2 is 2.08 bits per heavy atom. The number of hydrogen-bond donors (Lipinski definition) is 1. The van der Waals surface area contributed by atoms with Gasteiger partial charge in [0.1, 0.15) is 11.6 Å². The molecule has 1 aliphatic rings. The maximum Gasteiger partial charge on any atom is 0.225 e. The van der Waals surface area contributed by atoms with Crippen LogP contribution in [0.3, 0.4) is 0 Å². The fourth-order valence-electron chi connectivity index (χ4n) is 2.73. The molecule has 1 fully saturated rings. The Morgan fingerprint density at radius 1 is 1.36 bits per heavy atom. The molecular weight excluding hydrogens is 319 g/mol. The summed E-state index contributed by atoms with van der Waals surface area (Å²) in [6, 6.07) is 5.28. The summed E-state index contributed by atoms with van der Waals surface area (Å²) in [5, 5.41) is 3.01. The van der Waals surface area contributed by atoms with Crippen LogP contribution in [0.15, 0.2) is 18.2 Å². The van der Waals surface area contributed by atoms with Gasteiger partial charge in [-0.15, -0.1) is 0 Å². The Bertz CT molecular complexity index is 571. The molecule has 5 heteroatoms. The molecule has 0 bridgehead atoms. The molecule has 0 aliphatic carbocycles. The third kappa shape index (κ3) is 5.99. The third-order valence-electron chi connectivity index (χ3n) is 4.71. The lowest BCUT2D eigenvalue weighted by Crippen LogP contribution is -2.54. The number of nitrogens with one attached hydrogen (secondary N) is 1. The Kier molecular flexibility index (Phi) is 7.24. The summed E-state index contributed by atoms with van der Waals surface area (Å²) < 4.78 is 19.8. The lowest BCUT2D eigenvalue weighted by atomic mass is 9.97. The van der Waals surface area contributed by atoms with Crippen molar-refractivity contribution in [2.45, 2.75) is 53.1 Å². The molecule has 1 atom stereocenters. The zero-order chi connectivity index (χ0) is 18.4. The van der Waals surface area contributed by atoms with E-state index in [-0.39, 0.29) is 23.7 Å². The first-order valence-corrected chi connectivity index (χ1v) is 9.33. The van der Waals surface area contributed by atoms with E-state index >= 15 is 0 Å². The number of nitrogens with zero attached hydrogens (tertiary/aromatic N) is 1. The summed E-state index contributed by atoms with van der Waals surface area (Å²) in [4.78, 5) is 14.1. The highest BCUT2D eigenvalue weighted by Gasteiger charge is 2.33. The largest absolute Gasteiger partial charge is 0.493 e. The topological polar surface area (TPSA) is 41.6 Å². The molecule has 1 heterocycles. The SMILES string of the molecule is CC[C@H](C)NC(=O)C1CN(Cc2ccc(OCCC(C)C)cc2F)C1. The maximum absolute atomic E-state index is 14.2. The molecule has 0 saturated carbocycles. The van der Waals surface area contributed by atoms with Crippen molar-refractivity contribution in [3.05, 3.63) is 29.6 Å². The molecule has 1 aromatic rings. The van der Waals surface area contributed by atoms with Gasteiger partial charge in [-0.05, 0) is 31.7 Å². The molecule has 4 nitrogen and oxygen atoms in total. The van der Waals surface area contributed by atoms with Gasteiger partial charge in [0.15, 0.2) is 0 Å². The van der Waals surface area contributed by atoms with Gasteiger partial charge >= 0.3 is 0 Å². The van der Waals surface area contributed by atoms with Crippen LogP contribution in [0.4, 0.5) is 4.39 Å². The van der Waals surface area contributed by atoms with Crippen LogP contribution in [0.2, 0.25) is 0 Å². The normalized spacial score (nSPS) is 16.6. The van der Waals surface area contributed by atoms with Crippen molar-refractivity contribution in [2.75, 3.05) is 19.7 Å². The van der Waals surface area contributed by atoms with Crippen LogP contribution in [-0.4, -0.2) is 36.5 Å². The molecule has 1 aliphatic heterocycles. The van der Waals surface area contributed by atoms with E-state index in [4.69, 9.17) is 4.74 Å². The Balaban J connectivity index is 1.77. The first kappa shape index (κ1) is 19.7. The minimum Gasteiger partial charge on any atom is -0.493 e. The molecule has 2 rings (SSSR count). The molecule has 25 heavy (non-hydrogen) atoms. The van der Waals surface area contributed by atoms with Crippen molar-refractivity contribution in [2.24, 2.45) is 11.8 Å². The number of benzene rings is 1. The number of amides is 1. The Labute approximate surface area is 150 Å². The van der Waals surface area contributed by atoms with Crippen LogP contribution >= 0.6 is 0 Å². The summed E-state index contributed by atoms with van der Waals surface area (Å²) in [5.41, 5.74) is 0.650. The van der Waals surface area contributed by atoms with E-state index < -0.39 is 0 Å². The monoisotopic (exact) mass is 350 g/mol. The molecule has 0 aromatic heterocycles. The predicted octanol–water partition coefficient (Wildman–Crippen LogP) is 3.60. The average Bonchev–Trinajstić information content (AvgIpc) is 2.51. The van der Waals surface area contributed by atoms with E-state index in [0.717, 1.165) is 12.8 Å². The quantitative estimate of drug-likeness (QED) is 0.740. The second-order valence-corrected chi connectivity index (χ2v) is 7.49. The predicted molar refractivity (Wildman–Crippen MR) is 98.0 cm³/mol. The minimum absolute atomic E-state index is 0.0238.